The summed E-state index contributed by atoms with van der Waals surface area (Å²) in [5, 5.41) is 9.20. The van der Waals surface area contributed by atoms with Crippen molar-refractivity contribution in [3.8, 4) is 0 Å². The van der Waals surface area contributed by atoms with Crippen molar-refractivity contribution in [1.82, 2.24) is 4.90 Å². The molecule has 0 aliphatic carbocycles. The van der Waals surface area contributed by atoms with E-state index >= 15 is 0 Å². The molecule has 2 aromatic carbocycles. The molecule has 0 bridgehead atoms. The van der Waals surface area contributed by atoms with E-state index in [1.807, 2.05) is 19.1 Å². The average Bonchev–Trinajstić information content (AvgIpc) is 2.78. The highest BCUT2D eigenvalue weighted by Crippen LogP contribution is 2.33. The normalized spacial score (nSPS) is 14.7. The van der Waals surface area contributed by atoms with Crippen molar-refractivity contribution in [2.75, 3.05) is 0 Å². The summed E-state index contributed by atoms with van der Waals surface area (Å²) in [5.41, 5.74) is 2.29. The molecule has 116 valence electrons. The third-order valence-electron chi connectivity index (χ3n) is 3.97. The number of hydrogen-bond acceptors (Lipinski definition) is 3. The molecule has 0 saturated heterocycles. The summed E-state index contributed by atoms with van der Waals surface area (Å²) >= 11 is 0. The van der Waals surface area contributed by atoms with Gasteiger partial charge in [0, 0.05) is 0 Å². The molecule has 5 nitrogen and oxygen atoms in total. The number of aryl methyl sites for hydroxylation is 1. The van der Waals surface area contributed by atoms with Gasteiger partial charge in [0.05, 0.1) is 23.6 Å². The van der Waals surface area contributed by atoms with E-state index in [2.05, 4.69) is 0 Å². The van der Waals surface area contributed by atoms with Crippen molar-refractivity contribution in [1.29, 1.82) is 0 Å². The summed E-state index contributed by atoms with van der Waals surface area (Å²) in [7, 11) is 0. The molecule has 1 aliphatic rings. The molecule has 23 heavy (non-hydrogen) atoms. The number of carbonyl (C=O) groups is 3. The van der Waals surface area contributed by atoms with Crippen molar-refractivity contribution in [2.24, 2.45) is 0 Å². The van der Waals surface area contributed by atoms with Gasteiger partial charge in [-0.25, -0.2) is 0 Å². The third-order valence-corrected chi connectivity index (χ3v) is 3.97. The first-order valence-electron chi connectivity index (χ1n) is 7.24. The maximum absolute atomic E-state index is 12.6. The lowest BCUT2D eigenvalue weighted by atomic mass is 10.0. The van der Waals surface area contributed by atoms with Crippen LogP contribution in [-0.2, 0) is 4.79 Å². The van der Waals surface area contributed by atoms with Gasteiger partial charge in [-0.15, -0.1) is 0 Å². The summed E-state index contributed by atoms with van der Waals surface area (Å²) in [5.74, 6) is -1.96. The van der Waals surface area contributed by atoms with Gasteiger partial charge in [0.1, 0.15) is 0 Å². The van der Waals surface area contributed by atoms with Crippen LogP contribution < -0.4 is 0 Å². The Morgan fingerprint density at radius 1 is 1.00 bits per heavy atom. The first-order valence-corrected chi connectivity index (χ1v) is 7.24. The number of hydrogen-bond donors (Lipinski definition) is 1. The smallest absolute Gasteiger partial charge is 0.305 e. The molecule has 1 aliphatic heterocycles. The molecule has 1 N–H and O–H groups in total. The predicted molar refractivity (Wildman–Crippen MR) is 83.1 cm³/mol. The van der Waals surface area contributed by atoms with Gasteiger partial charge in [-0.05, 0) is 24.6 Å². The molecule has 1 heterocycles. The molecule has 3 rings (SSSR count). The highest BCUT2D eigenvalue weighted by atomic mass is 16.4. The van der Waals surface area contributed by atoms with Crippen LogP contribution in [0.4, 0.5) is 0 Å². The first kappa shape index (κ1) is 15.0. The van der Waals surface area contributed by atoms with E-state index in [-0.39, 0.29) is 6.42 Å². The fraction of sp³-hybridized carbons (Fsp3) is 0.167. The highest BCUT2D eigenvalue weighted by Gasteiger charge is 2.41. The van der Waals surface area contributed by atoms with Crippen molar-refractivity contribution in [3.05, 3.63) is 70.8 Å². The zero-order valence-electron chi connectivity index (χ0n) is 12.5. The fourth-order valence-corrected chi connectivity index (χ4v) is 2.80. The molecule has 0 spiro atoms. The molecule has 2 aromatic rings. The molecule has 5 heteroatoms. The van der Waals surface area contributed by atoms with E-state index in [4.69, 9.17) is 0 Å². The van der Waals surface area contributed by atoms with Gasteiger partial charge in [0.2, 0.25) is 0 Å². The van der Waals surface area contributed by atoms with Gasteiger partial charge in [-0.3, -0.25) is 19.3 Å². The van der Waals surface area contributed by atoms with Crippen LogP contribution in [-0.4, -0.2) is 27.8 Å². The number of amides is 2. The van der Waals surface area contributed by atoms with Crippen molar-refractivity contribution in [2.45, 2.75) is 19.4 Å². The fourth-order valence-electron chi connectivity index (χ4n) is 2.80. The van der Waals surface area contributed by atoms with Crippen LogP contribution in [0.3, 0.4) is 0 Å². The number of carboxylic acid groups (broad SMARTS) is 1. The Kier molecular flexibility index (Phi) is 3.70. The maximum Gasteiger partial charge on any atom is 0.305 e. The minimum atomic E-state index is -1.06. The first-order chi connectivity index (χ1) is 11.0. The maximum atomic E-state index is 12.6. The summed E-state index contributed by atoms with van der Waals surface area (Å²) in [4.78, 5) is 37.5. The van der Waals surface area contributed by atoms with Crippen molar-refractivity contribution in [3.63, 3.8) is 0 Å². The Hall–Kier alpha value is -2.95. The lowest BCUT2D eigenvalue weighted by Crippen LogP contribution is -2.35. The molecule has 0 aromatic heterocycles. The highest BCUT2D eigenvalue weighted by molar-refractivity contribution is 6.21. The number of fused-ring (bicyclic) bond motifs is 1. The minimum absolute atomic E-state index is 0.319. The SMILES string of the molecule is Cc1ccc(C(CC(=O)O)N2C(=O)c3ccccc3C2=O)cc1. The summed E-state index contributed by atoms with van der Waals surface area (Å²) in [6, 6.07) is 12.9. The number of aliphatic carboxylic acids is 1. The molecular formula is C18H15NO4. The second-order valence-electron chi connectivity index (χ2n) is 5.55. The third kappa shape index (κ3) is 2.61. The topological polar surface area (TPSA) is 74.7 Å². The number of imide groups is 1. The summed E-state index contributed by atoms with van der Waals surface area (Å²) in [6.07, 6.45) is -0.325. The number of benzene rings is 2. The van der Waals surface area contributed by atoms with Crippen molar-refractivity contribution >= 4 is 17.8 Å². The number of carboxylic acids is 1. The van der Waals surface area contributed by atoms with Crippen LogP contribution in [0.2, 0.25) is 0 Å². The van der Waals surface area contributed by atoms with Gasteiger partial charge >= 0.3 is 5.97 Å². The molecule has 1 unspecified atom stereocenters. The largest absolute Gasteiger partial charge is 0.481 e. The minimum Gasteiger partial charge on any atom is -0.481 e. The molecule has 2 amide bonds. The predicted octanol–water partition coefficient (Wildman–Crippen LogP) is 2.81. The van der Waals surface area contributed by atoms with Gasteiger partial charge in [-0.1, -0.05) is 42.0 Å². The van der Waals surface area contributed by atoms with E-state index in [0.717, 1.165) is 10.5 Å². The van der Waals surface area contributed by atoms with E-state index in [0.29, 0.717) is 16.7 Å². The molecule has 0 fully saturated rings. The summed E-state index contributed by atoms with van der Waals surface area (Å²) < 4.78 is 0. The average molecular weight is 309 g/mol. The van der Waals surface area contributed by atoms with Gasteiger partial charge in [-0.2, -0.15) is 0 Å². The monoisotopic (exact) mass is 309 g/mol. The lowest BCUT2D eigenvalue weighted by Gasteiger charge is -2.25. The number of rotatable bonds is 4. The molecular weight excluding hydrogens is 294 g/mol. The van der Waals surface area contributed by atoms with Gasteiger partial charge in [0.15, 0.2) is 0 Å². The second-order valence-corrected chi connectivity index (χ2v) is 5.55. The van der Waals surface area contributed by atoms with Crippen molar-refractivity contribution < 1.29 is 19.5 Å². The quantitative estimate of drug-likeness (QED) is 0.881. The zero-order chi connectivity index (χ0) is 16.6. The second kappa shape index (κ2) is 5.68. The Bertz CT molecular complexity index is 760. The number of nitrogens with zero attached hydrogens (tertiary/aromatic N) is 1. The van der Waals surface area contributed by atoms with E-state index < -0.39 is 23.8 Å². The van der Waals surface area contributed by atoms with Crippen LogP contribution in [0.15, 0.2) is 48.5 Å². The standard InChI is InChI=1S/C18H15NO4/c1-11-6-8-12(9-7-11)15(10-16(20)21)19-17(22)13-4-2-3-5-14(13)18(19)23/h2-9,15H,10H2,1H3,(H,20,21). The molecule has 0 saturated carbocycles. The van der Waals surface area contributed by atoms with E-state index in [1.54, 1.807) is 36.4 Å². The van der Waals surface area contributed by atoms with Crippen LogP contribution >= 0.6 is 0 Å². The Morgan fingerprint density at radius 2 is 1.52 bits per heavy atom. The Labute approximate surface area is 133 Å². The van der Waals surface area contributed by atoms with E-state index in [9.17, 15) is 19.5 Å². The van der Waals surface area contributed by atoms with Crippen LogP contribution in [0.1, 0.15) is 44.3 Å². The summed E-state index contributed by atoms with van der Waals surface area (Å²) in [6.45, 7) is 1.91. The lowest BCUT2D eigenvalue weighted by molar-refractivity contribution is -0.138. The van der Waals surface area contributed by atoms with Gasteiger partial charge in [0.25, 0.3) is 11.8 Å². The zero-order valence-corrected chi connectivity index (χ0v) is 12.5. The van der Waals surface area contributed by atoms with E-state index in [1.165, 1.54) is 0 Å². The van der Waals surface area contributed by atoms with Crippen LogP contribution in [0, 0.1) is 6.92 Å². The Morgan fingerprint density at radius 3 is 2.00 bits per heavy atom. The number of carbonyl (C=O) groups excluding carboxylic acids is 2. The van der Waals surface area contributed by atoms with Gasteiger partial charge < -0.3 is 5.11 Å². The van der Waals surface area contributed by atoms with Crippen LogP contribution in [0.5, 0.6) is 0 Å². The Balaban J connectivity index is 2.04. The molecule has 0 radical (unpaired) electrons. The molecule has 1 atom stereocenters. The van der Waals surface area contributed by atoms with Crippen LogP contribution in [0.25, 0.3) is 0 Å².